The maximum atomic E-state index is 12.5. The molecule has 2 aromatic rings. The highest BCUT2D eigenvalue weighted by molar-refractivity contribution is 7.90. The van der Waals surface area contributed by atoms with Crippen molar-refractivity contribution in [2.24, 2.45) is 5.92 Å². The SMILES string of the molecule is O=C(NS(=O)(=O)c1ccc2onc(Cl)c2c1)C1C[C@H]2CC[C@@H](C1)N2. The smallest absolute Gasteiger partial charge is 0.264 e. The highest BCUT2D eigenvalue weighted by Gasteiger charge is 2.37. The van der Waals surface area contributed by atoms with Crippen molar-refractivity contribution in [2.75, 3.05) is 0 Å². The molecule has 24 heavy (non-hydrogen) atoms. The highest BCUT2D eigenvalue weighted by atomic mass is 35.5. The van der Waals surface area contributed by atoms with Gasteiger partial charge in [0.15, 0.2) is 10.7 Å². The number of nitrogens with one attached hydrogen (secondary N) is 2. The number of carbonyl (C=O) groups excluding carboxylic acids is 1. The normalized spacial score (nSPS) is 26.6. The van der Waals surface area contributed by atoms with Crippen LogP contribution in [0.25, 0.3) is 11.0 Å². The Kier molecular flexibility index (Phi) is 3.78. The van der Waals surface area contributed by atoms with E-state index in [0.29, 0.717) is 35.9 Å². The molecule has 0 radical (unpaired) electrons. The van der Waals surface area contributed by atoms with Gasteiger partial charge < -0.3 is 9.84 Å². The molecule has 0 spiro atoms. The summed E-state index contributed by atoms with van der Waals surface area (Å²) in [4.78, 5) is 12.4. The van der Waals surface area contributed by atoms with Gasteiger partial charge in [-0.2, -0.15) is 0 Å². The van der Waals surface area contributed by atoms with Crippen LogP contribution in [0, 0.1) is 5.92 Å². The van der Waals surface area contributed by atoms with E-state index >= 15 is 0 Å². The molecule has 9 heteroatoms. The standard InChI is InChI=1S/C15H16ClN3O4S/c16-14-12-7-11(3-4-13(12)23-18-14)24(21,22)19-15(20)8-5-9-1-2-10(6-8)17-9/h3-4,7-10,17H,1-2,5-6H2,(H,19,20)/t8?,9-,10+. The predicted molar refractivity (Wildman–Crippen MR) is 87.0 cm³/mol. The molecule has 7 nitrogen and oxygen atoms in total. The molecule has 2 aliphatic heterocycles. The molecule has 0 saturated carbocycles. The molecule has 128 valence electrons. The fourth-order valence-electron chi connectivity index (χ4n) is 3.60. The molecule has 2 N–H and O–H groups in total. The molecule has 3 heterocycles. The molecular formula is C15H16ClN3O4S. The molecule has 2 bridgehead atoms. The van der Waals surface area contributed by atoms with Crippen molar-refractivity contribution in [3.05, 3.63) is 23.4 Å². The van der Waals surface area contributed by atoms with Gasteiger partial charge in [0.1, 0.15) is 0 Å². The molecule has 1 aromatic carbocycles. The second-order valence-corrected chi connectivity index (χ2v) is 8.45. The number of hydrogen-bond acceptors (Lipinski definition) is 6. The maximum Gasteiger partial charge on any atom is 0.264 e. The largest absolute Gasteiger partial charge is 0.355 e. The Morgan fingerprint density at radius 3 is 2.71 bits per heavy atom. The number of amides is 1. The van der Waals surface area contributed by atoms with Crippen LogP contribution in [0.3, 0.4) is 0 Å². The van der Waals surface area contributed by atoms with Crippen LogP contribution in [0.2, 0.25) is 5.15 Å². The molecule has 3 atom stereocenters. The molecule has 1 aromatic heterocycles. The summed E-state index contributed by atoms with van der Waals surface area (Å²) in [6.45, 7) is 0. The maximum absolute atomic E-state index is 12.5. The van der Waals surface area contributed by atoms with E-state index < -0.39 is 15.9 Å². The Morgan fingerprint density at radius 1 is 1.29 bits per heavy atom. The highest BCUT2D eigenvalue weighted by Crippen LogP contribution is 2.31. The Hall–Kier alpha value is -1.64. The van der Waals surface area contributed by atoms with Crippen LogP contribution < -0.4 is 10.0 Å². The molecular weight excluding hydrogens is 354 g/mol. The Labute approximate surface area is 143 Å². The van der Waals surface area contributed by atoms with Crippen LogP contribution >= 0.6 is 11.6 Å². The van der Waals surface area contributed by atoms with Gasteiger partial charge in [-0.25, -0.2) is 13.1 Å². The fourth-order valence-corrected chi connectivity index (χ4v) is 4.85. The molecule has 1 unspecified atom stereocenters. The van der Waals surface area contributed by atoms with Gasteiger partial charge >= 0.3 is 0 Å². The van der Waals surface area contributed by atoms with Gasteiger partial charge in [0.05, 0.1) is 10.3 Å². The van der Waals surface area contributed by atoms with Crippen LogP contribution in [0.5, 0.6) is 0 Å². The van der Waals surface area contributed by atoms with Crippen molar-refractivity contribution in [2.45, 2.75) is 42.7 Å². The molecule has 0 aliphatic carbocycles. The monoisotopic (exact) mass is 369 g/mol. The second kappa shape index (κ2) is 5.72. The van der Waals surface area contributed by atoms with E-state index in [2.05, 4.69) is 15.2 Å². The fraction of sp³-hybridized carbons (Fsp3) is 0.467. The first-order valence-electron chi connectivity index (χ1n) is 7.80. The van der Waals surface area contributed by atoms with E-state index in [0.717, 1.165) is 12.8 Å². The van der Waals surface area contributed by atoms with Crippen molar-refractivity contribution in [3.8, 4) is 0 Å². The quantitative estimate of drug-likeness (QED) is 0.855. The van der Waals surface area contributed by atoms with Gasteiger partial charge in [0.2, 0.25) is 5.91 Å². The summed E-state index contributed by atoms with van der Waals surface area (Å²) in [5.41, 5.74) is 0.389. The molecule has 1 amide bonds. The van der Waals surface area contributed by atoms with Gasteiger partial charge in [0, 0.05) is 18.0 Å². The minimum absolute atomic E-state index is 0.0367. The Morgan fingerprint density at radius 2 is 2.00 bits per heavy atom. The van der Waals surface area contributed by atoms with Gasteiger partial charge in [0.25, 0.3) is 10.0 Å². The summed E-state index contributed by atoms with van der Waals surface area (Å²) in [7, 11) is -3.96. The average Bonchev–Trinajstić information content (AvgIpc) is 3.09. The number of rotatable bonds is 3. The number of piperidine rings is 1. The zero-order chi connectivity index (χ0) is 16.9. The van der Waals surface area contributed by atoms with Crippen LogP contribution in [0.15, 0.2) is 27.6 Å². The number of hydrogen-bond donors (Lipinski definition) is 2. The number of nitrogens with zero attached hydrogens (tertiary/aromatic N) is 1. The zero-order valence-corrected chi connectivity index (χ0v) is 14.2. The zero-order valence-electron chi connectivity index (χ0n) is 12.7. The van der Waals surface area contributed by atoms with E-state index in [1.54, 1.807) is 0 Å². The number of fused-ring (bicyclic) bond motifs is 3. The van der Waals surface area contributed by atoms with Gasteiger partial charge in [-0.15, -0.1) is 0 Å². The predicted octanol–water partition coefficient (Wildman–Crippen LogP) is 1.82. The summed E-state index contributed by atoms with van der Waals surface area (Å²) >= 11 is 5.87. The molecule has 2 saturated heterocycles. The van der Waals surface area contributed by atoms with Gasteiger partial charge in [-0.1, -0.05) is 16.8 Å². The average molecular weight is 370 g/mol. The van der Waals surface area contributed by atoms with Crippen molar-refractivity contribution in [1.82, 2.24) is 15.2 Å². The van der Waals surface area contributed by atoms with Crippen molar-refractivity contribution >= 4 is 38.5 Å². The summed E-state index contributed by atoms with van der Waals surface area (Å²) in [6.07, 6.45) is 3.44. The van der Waals surface area contributed by atoms with E-state index in [1.807, 2.05) is 0 Å². The summed E-state index contributed by atoms with van der Waals surface area (Å²) < 4.78 is 32.1. The first kappa shape index (κ1) is 15.9. The van der Waals surface area contributed by atoms with Gasteiger partial charge in [-0.3, -0.25) is 4.79 Å². The number of benzene rings is 1. The van der Waals surface area contributed by atoms with E-state index in [4.69, 9.17) is 16.1 Å². The topological polar surface area (TPSA) is 101 Å². The van der Waals surface area contributed by atoms with Crippen molar-refractivity contribution < 1.29 is 17.7 Å². The lowest BCUT2D eigenvalue weighted by atomic mass is 9.92. The number of halogens is 1. The third kappa shape index (κ3) is 2.78. The van der Waals surface area contributed by atoms with Crippen LogP contribution in [0.1, 0.15) is 25.7 Å². The van der Waals surface area contributed by atoms with E-state index in [9.17, 15) is 13.2 Å². The summed E-state index contributed by atoms with van der Waals surface area (Å²) in [5.74, 6) is -0.716. The lowest BCUT2D eigenvalue weighted by Crippen LogP contribution is -2.45. The first-order valence-corrected chi connectivity index (χ1v) is 9.66. The first-order chi connectivity index (χ1) is 11.4. The summed E-state index contributed by atoms with van der Waals surface area (Å²) in [6, 6.07) is 4.82. The Balaban J connectivity index is 1.55. The van der Waals surface area contributed by atoms with E-state index in [1.165, 1.54) is 18.2 Å². The third-order valence-electron chi connectivity index (χ3n) is 4.79. The van der Waals surface area contributed by atoms with Crippen LogP contribution in [-0.4, -0.2) is 31.6 Å². The van der Waals surface area contributed by atoms with Crippen LogP contribution in [0.4, 0.5) is 0 Å². The minimum Gasteiger partial charge on any atom is -0.355 e. The lowest BCUT2D eigenvalue weighted by Gasteiger charge is -2.28. The lowest BCUT2D eigenvalue weighted by molar-refractivity contribution is -0.124. The van der Waals surface area contributed by atoms with Crippen molar-refractivity contribution in [1.29, 1.82) is 0 Å². The number of carbonyl (C=O) groups is 1. The third-order valence-corrected chi connectivity index (χ3v) is 6.40. The number of aromatic nitrogens is 1. The Bertz CT molecular complexity index is 899. The van der Waals surface area contributed by atoms with Crippen molar-refractivity contribution in [3.63, 3.8) is 0 Å². The summed E-state index contributed by atoms with van der Waals surface area (Å²) in [5, 5.41) is 7.49. The molecule has 4 rings (SSSR count). The molecule has 2 fully saturated rings. The van der Waals surface area contributed by atoms with Crippen LogP contribution in [-0.2, 0) is 14.8 Å². The van der Waals surface area contributed by atoms with Gasteiger partial charge in [-0.05, 0) is 43.9 Å². The molecule has 2 aliphatic rings. The van der Waals surface area contributed by atoms with E-state index in [-0.39, 0.29) is 16.0 Å². The number of sulfonamides is 1. The second-order valence-electron chi connectivity index (χ2n) is 6.41. The minimum atomic E-state index is -3.96.